The van der Waals surface area contributed by atoms with Gasteiger partial charge in [0.15, 0.2) is 0 Å². The van der Waals surface area contributed by atoms with Crippen LogP contribution in [0.2, 0.25) is 0 Å². The maximum absolute atomic E-state index is 12.2. The largest absolute Gasteiger partial charge is 0.497 e. The number of anilines is 2. The number of nitrogens with zero attached hydrogens (tertiary/aromatic N) is 1. The number of nitrogen functional groups attached to an aromatic ring is 1. The first-order valence-corrected chi connectivity index (χ1v) is 8.03. The van der Waals surface area contributed by atoms with Gasteiger partial charge in [0.1, 0.15) is 5.75 Å². The molecule has 2 atom stereocenters. The maximum Gasteiger partial charge on any atom is 0.238 e. The summed E-state index contributed by atoms with van der Waals surface area (Å²) < 4.78 is 5.10. The van der Waals surface area contributed by atoms with E-state index in [1.165, 1.54) is 0 Å². The van der Waals surface area contributed by atoms with E-state index in [-0.39, 0.29) is 5.91 Å². The highest BCUT2D eigenvalue weighted by molar-refractivity contribution is 8.00. The number of carbonyl (C=O) groups excluding carboxylic acids is 1. The Hall–Kier alpha value is -1.40. The van der Waals surface area contributed by atoms with Crippen molar-refractivity contribution in [3.63, 3.8) is 0 Å². The van der Waals surface area contributed by atoms with Gasteiger partial charge in [-0.25, -0.2) is 0 Å². The molecular formula is C15H23N3O2S. The molecule has 2 unspecified atom stereocenters. The Morgan fingerprint density at radius 3 is 2.67 bits per heavy atom. The molecule has 5 nitrogen and oxygen atoms in total. The number of benzene rings is 1. The highest BCUT2D eigenvalue weighted by atomic mass is 32.2. The second-order valence-electron chi connectivity index (χ2n) is 5.45. The summed E-state index contributed by atoms with van der Waals surface area (Å²) in [6.07, 6.45) is 0. The molecule has 1 aromatic rings. The standard InChI is InChI=1S/C15H23N3O2S/c1-10-7-18(8-11(2)21-10)9-15(19)17-14-5-4-12(20-3)6-13(14)16/h4-6,10-11H,7-9,16H2,1-3H3,(H,17,19). The van der Waals surface area contributed by atoms with Gasteiger partial charge in [0.25, 0.3) is 0 Å². The zero-order chi connectivity index (χ0) is 15.4. The van der Waals surface area contributed by atoms with Gasteiger partial charge in [0.05, 0.1) is 25.0 Å². The molecule has 0 saturated carbocycles. The van der Waals surface area contributed by atoms with Crippen molar-refractivity contribution < 1.29 is 9.53 Å². The third-order valence-electron chi connectivity index (χ3n) is 3.40. The van der Waals surface area contributed by atoms with Crippen LogP contribution in [0.25, 0.3) is 0 Å². The Kier molecular flexibility index (Phi) is 5.36. The van der Waals surface area contributed by atoms with Crippen LogP contribution in [-0.2, 0) is 4.79 Å². The number of rotatable bonds is 4. The van der Waals surface area contributed by atoms with Crippen molar-refractivity contribution in [1.82, 2.24) is 4.90 Å². The van der Waals surface area contributed by atoms with Crippen molar-refractivity contribution in [2.75, 3.05) is 37.8 Å². The molecule has 0 aromatic heterocycles. The quantitative estimate of drug-likeness (QED) is 0.833. The predicted octanol–water partition coefficient (Wildman–Crippen LogP) is 2.04. The monoisotopic (exact) mass is 309 g/mol. The average Bonchev–Trinajstić information content (AvgIpc) is 2.39. The summed E-state index contributed by atoms with van der Waals surface area (Å²) >= 11 is 1.98. The van der Waals surface area contributed by atoms with Crippen LogP contribution in [0.3, 0.4) is 0 Å². The number of hydrogen-bond acceptors (Lipinski definition) is 5. The van der Waals surface area contributed by atoms with E-state index < -0.39 is 0 Å². The number of ether oxygens (including phenoxy) is 1. The SMILES string of the molecule is COc1ccc(NC(=O)CN2CC(C)SC(C)C2)c(N)c1. The van der Waals surface area contributed by atoms with E-state index in [0.717, 1.165) is 13.1 Å². The third kappa shape index (κ3) is 4.54. The lowest BCUT2D eigenvalue weighted by Crippen LogP contribution is -2.44. The molecule has 21 heavy (non-hydrogen) atoms. The lowest BCUT2D eigenvalue weighted by molar-refractivity contribution is -0.117. The molecule has 0 spiro atoms. The summed E-state index contributed by atoms with van der Waals surface area (Å²) in [6.45, 7) is 6.70. The summed E-state index contributed by atoms with van der Waals surface area (Å²) in [7, 11) is 1.59. The Balaban J connectivity index is 1.92. The van der Waals surface area contributed by atoms with Gasteiger partial charge in [0, 0.05) is 29.7 Å². The van der Waals surface area contributed by atoms with E-state index in [4.69, 9.17) is 10.5 Å². The first-order chi connectivity index (χ1) is 9.97. The molecule has 0 radical (unpaired) electrons. The molecule has 1 aliphatic heterocycles. The van der Waals surface area contributed by atoms with Gasteiger partial charge in [-0.2, -0.15) is 11.8 Å². The van der Waals surface area contributed by atoms with Crippen LogP contribution in [0, 0.1) is 0 Å². The van der Waals surface area contributed by atoms with Crippen LogP contribution in [0.5, 0.6) is 5.75 Å². The van der Waals surface area contributed by atoms with Crippen LogP contribution in [0.1, 0.15) is 13.8 Å². The van der Waals surface area contributed by atoms with Gasteiger partial charge >= 0.3 is 0 Å². The smallest absolute Gasteiger partial charge is 0.238 e. The van der Waals surface area contributed by atoms with Crippen LogP contribution in [0.15, 0.2) is 18.2 Å². The van der Waals surface area contributed by atoms with Crippen LogP contribution >= 0.6 is 11.8 Å². The van der Waals surface area contributed by atoms with Crippen LogP contribution in [0.4, 0.5) is 11.4 Å². The molecule has 1 aromatic carbocycles. The number of thioether (sulfide) groups is 1. The molecule has 1 aliphatic rings. The summed E-state index contributed by atoms with van der Waals surface area (Å²) in [5.41, 5.74) is 7.06. The van der Waals surface area contributed by atoms with Crippen LogP contribution in [-0.4, -0.2) is 48.1 Å². The van der Waals surface area contributed by atoms with Crippen LogP contribution < -0.4 is 15.8 Å². The molecular weight excluding hydrogens is 286 g/mol. The highest BCUT2D eigenvalue weighted by Crippen LogP contribution is 2.26. The van der Waals surface area contributed by atoms with E-state index in [0.29, 0.717) is 34.2 Å². The summed E-state index contributed by atoms with van der Waals surface area (Å²) in [4.78, 5) is 14.3. The minimum atomic E-state index is -0.0295. The summed E-state index contributed by atoms with van der Waals surface area (Å²) in [5, 5.41) is 4.00. The Morgan fingerprint density at radius 2 is 2.10 bits per heavy atom. The normalized spacial score (nSPS) is 22.8. The van der Waals surface area contributed by atoms with Gasteiger partial charge in [-0.3, -0.25) is 9.69 Å². The number of amides is 1. The molecule has 1 fully saturated rings. The fourth-order valence-electron chi connectivity index (χ4n) is 2.59. The second kappa shape index (κ2) is 7.04. The zero-order valence-corrected chi connectivity index (χ0v) is 13.6. The van der Waals surface area contributed by atoms with E-state index in [1.54, 1.807) is 25.3 Å². The van der Waals surface area contributed by atoms with E-state index in [1.807, 2.05) is 11.8 Å². The molecule has 3 N–H and O–H groups in total. The molecule has 1 heterocycles. The lowest BCUT2D eigenvalue weighted by atomic mass is 10.2. The number of nitrogens with two attached hydrogens (primary N) is 1. The first-order valence-electron chi connectivity index (χ1n) is 7.09. The number of carbonyl (C=O) groups is 1. The minimum absolute atomic E-state index is 0.0295. The molecule has 6 heteroatoms. The van der Waals surface area contributed by atoms with E-state index >= 15 is 0 Å². The second-order valence-corrected chi connectivity index (χ2v) is 7.33. The van der Waals surface area contributed by atoms with Gasteiger partial charge in [-0.05, 0) is 12.1 Å². The fraction of sp³-hybridized carbons (Fsp3) is 0.533. The highest BCUT2D eigenvalue weighted by Gasteiger charge is 2.23. The topological polar surface area (TPSA) is 67.6 Å². The number of methoxy groups -OCH3 is 1. The Bertz CT molecular complexity index is 500. The van der Waals surface area contributed by atoms with Crippen molar-refractivity contribution in [3.05, 3.63) is 18.2 Å². The minimum Gasteiger partial charge on any atom is -0.497 e. The van der Waals surface area contributed by atoms with Gasteiger partial charge in [-0.15, -0.1) is 0 Å². The predicted molar refractivity (Wildman–Crippen MR) is 89.0 cm³/mol. The number of nitrogens with one attached hydrogen (secondary N) is 1. The summed E-state index contributed by atoms with van der Waals surface area (Å²) in [6, 6.07) is 5.26. The van der Waals surface area contributed by atoms with Crippen molar-refractivity contribution in [3.8, 4) is 5.75 Å². The molecule has 116 valence electrons. The van der Waals surface area contributed by atoms with Gasteiger partial charge in [0.2, 0.25) is 5.91 Å². The van der Waals surface area contributed by atoms with E-state index in [2.05, 4.69) is 24.1 Å². The molecule has 1 amide bonds. The van der Waals surface area contributed by atoms with Gasteiger partial charge in [-0.1, -0.05) is 13.8 Å². The molecule has 0 aliphatic carbocycles. The van der Waals surface area contributed by atoms with Crippen molar-refractivity contribution in [1.29, 1.82) is 0 Å². The Labute approximate surface area is 130 Å². The third-order valence-corrected chi connectivity index (χ3v) is 4.62. The summed E-state index contributed by atoms with van der Waals surface area (Å²) in [5.74, 6) is 0.652. The van der Waals surface area contributed by atoms with E-state index in [9.17, 15) is 4.79 Å². The van der Waals surface area contributed by atoms with Crippen molar-refractivity contribution in [2.45, 2.75) is 24.3 Å². The molecule has 1 saturated heterocycles. The van der Waals surface area contributed by atoms with Crippen molar-refractivity contribution >= 4 is 29.0 Å². The van der Waals surface area contributed by atoms with Crippen molar-refractivity contribution in [2.24, 2.45) is 0 Å². The maximum atomic E-state index is 12.2. The average molecular weight is 309 g/mol. The zero-order valence-electron chi connectivity index (χ0n) is 12.8. The lowest BCUT2D eigenvalue weighted by Gasteiger charge is -2.34. The van der Waals surface area contributed by atoms with Gasteiger partial charge < -0.3 is 15.8 Å². The molecule has 0 bridgehead atoms. The first kappa shape index (κ1) is 16.0. The fourth-order valence-corrected chi connectivity index (χ4v) is 3.97. The molecule has 2 rings (SSSR count). The Morgan fingerprint density at radius 1 is 1.43 bits per heavy atom. The number of hydrogen-bond donors (Lipinski definition) is 2.